The molecule has 0 saturated heterocycles. The molecule has 7 heteroatoms. The van der Waals surface area contributed by atoms with Gasteiger partial charge in [0.15, 0.2) is 11.0 Å². The standard InChI is InChI=1S/C20H20ClN3O2S/c1-3-24-18(15-10-12-16(21)13-11-15)22-23-20(24)27-17(19(25)26-4-2)14-8-6-5-7-9-14/h5-13,17H,3-4H2,1-2H3/t17-/m1/s1. The number of aromatic nitrogens is 3. The maximum atomic E-state index is 12.5. The van der Waals surface area contributed by atoms with Gasteiger partial charge < -0.3 is 9.30 Å². The summed E-state index contributed by atoms with van der Waals surface area (Å²) in [6, 6.07) is 17.0. The highest BCUT2D eigenvalue weighted by atomic mass is 35.5. The van der Waals surface area contributed by atoms with Crippen molar-refractivity contribution in [2.75, 3.05) is 6.61 Å². The van der Waals surface area contributed by atoms with E-state index < -0.39 is 5.25 Å². The third kappa shape index (κ3) is 4.51. The molecule has 1 aromatic heterocycles. The normalized spacial score (nSPS) is 12.0. The molecule has 0 bridgehead atoms. The first-order valence-electron chi connectivity index (χ1n) is 8.71. The van der Waals surface area contributed by atoms with Gasteiger partial charge in [0.1, 0.15) is 5.25 Å². The Morgan fingerprint density at radius 2 is 1.81 bits per heavy atom. The lowest BCUT2D eigenvalue weighted by Gasteiger charge is -2.16. The van der Waals surface area contributed by atoms with Gasteiger partial charge in [0.2, 0.25) is 0 Å². The van der Waals surface area contributed by atoms with Crippen molar-refractivity contribution in [3.8, 4) is 11.4 Å². The van der Waals surface area contributed by atoms with Crippen molar-refractivity contribution < 1.29 is 9.53 Å². The molecule has 0 fully saturated rings. The fourth-order valence-corrected chi connectivity index (χ4v) is 3.90. The minimum atomic E-state index is -0.501. The molecule has 0 radical (unpaired) electrons. The van der Waals surface area contributed by atoms with Crippen molar-refractivity contribution in [1.29, 1.82) is 0 Å². The first kappa shape index (κ1) is 19.5. The lowest BCUT2D eigenvalue weighted by atomic mass is 10.1. The number of halogens is 1. The van der Waals surface area contributed by atoms with Crippen molar-refractivity contribution >= 4 is 29.3 Å². The Morgan fingerprint density at radius 3 is 2.44 bits per heavy atom. The number of carbonyl (C=O) groups is 1. The molecule has 0 aliphatic heterocycles. The molecule has 0 unspecified atom stereocenters. The molecule has 0 spiro atoms. The highest BCUT2D eigenvalue weighted by Crippen LogP contribution is 2.36. The number of benzene rings is 2. The Balaban J connectivity index is 1.94. The van der Waals surface area contributed by atoms with E-state index >= 15 is 0 Å². The first-order valence-corrected chi connectivity index (χ1v) is 9.97. The zero-order valence-corrected chi connectivity index (χ0v) is 16.7. The fraction of sp³-hybridized carbons (Fsp3) is 0.250. The lowest BCUT2D eigenvalue weighted by Crippen LogP contribution is -2.14. The van der Waals surface area contributed by atoms with Gasteiger partial charge in [0.25, 0.3) is 0 Å². The quantitative estimate of drug-likeness (QED) is 0.411. The third-order valence-corrected chi connectivity index (χ3v) is 5.43. The van der Waals surface area contributed by atoms with Crippen LogP contribution in [0.3, 0.4) is 0 Å². The highest BCUT2D eigenvalue weighted by molar-refractivity contribution is 8.00. The fourth-order valence-electron chi connectivity index (χ4n) is 2.68. The molecule has 140 valence electrons. The molecule has 3 aromatic rings. The van der Waals surface area contributed by atoms with Gasteiger partial charge >= 0.3 is 5.97 Å². The van der Waals surface area contributed by atoms with Crippen molar-refractivity contribution in [3.63, 3.8) is 0 Å². The van der Waals surface area contributed by atoms with E-state index in [2.05, 4.69) is 10.2 Å². The number of nitrogens with zero attached hydrogens (tertiary/aromatic N) is 3. The summed E-state index contributed by atoms with van der Waals surface area (Å²) >= 11 is 7.33. The van der Waals surface area contributed by atoms with E-state index in [0.717, 1.165) is 17.0 Å². The zero-order valence-electron chi connectivity index (χ0n) is 15.1. The van der Waals surface area contributed by atoms with Crippen molar-refractivity contribution in [3.05, 3.63) is 65.2 Å². The molecule has 0 aliphatic rings. The Kier molecular flexibility index (Phi) is 6.53. The van der Waals surface area contributed by atoms with Crippen LogP contribution in [-0.4, -0.2) is 27.3 Å². The predicted octanol–water partition coefficient (Wildman–Crippen LogP) is 5.01. The number of carbonyl (C=O) groups excluding carboxylic acids is 1. The average Bonchev–Trinajstić information content (AvgIpc) is 3.10. The molecular formula is C20H20ClN3O2S. The minimum absolute atomic E-state index is 0.285. The van der Waals surface area contributed by atoms with Crippen molar-refractivity contribution in [2.24, 2.45) is 0 Å². The van der Waals surface area contributed by atoms with Crippen molar-refractivity contribution in [1.82, 2.24) is 14.8 Å². The molecule has 1 atom stereocenters. The highest BCUT2D eigenvalue weighted by Gasteiger charge is 2.26. The number of hydrogen-bond acceptors (Lipinski definition) is 5. The van der Waals surface area contributed by atoms with Gasteiger partial charge in [-0.1, -0.05) is 53.7 Å². The van der Waals surface area contributed by atoms with Gasteiger partial charge in [-0.15, -0.1) is 10.2 Å². The predicted molar refractivity (Wildman–Crippen MR) is 108 cm³/mol. The molecule has 27 heavy (non-hydrogen) atoms. The molecule has 0 aliphatic carbocycles. The first-order chi connectivity index (χ1) is 13.1. The van der Waals surface area contributed by atoms with Crippen LogP contribution < -0.4 is 0 Å². The van der Waals surface area contributed by atoms with E-state index in [-0.39, 0.29) is 5.97 Å². The van der Waals surface area contributed by atoms with Crippen LogP contribution in [0, 0.1) is 0 Å². The van der Waals surface area contributed by atoms with Crippen LogP contribution in [0.2, 0.25) is 5.02 Å². The third-order valence-electron chi connectivity index (χ3n) is 3.96. The summed E-state index contributed by atoms with van der Waals surface area (Å²) in [6.07, 6.45) is 0. The summed E-state index contributed by atoms with van der Waals surface area (Å²) in [5.41, 5.74) is 1.80. The van der Waals surface area contributed by atoms with Crippen LogP contribution >= 0.6 is 23.4 Å². The molecule has 0 saturated carbocycles. The summed E-state index contributed by atoms with van der Waals surface area (Å²) in [5, 5.41) is 9.50. The Hall–Kier alpha value is -2.31. The van der Waals surface area contributed by atoms with Gasteiger partial charge in [-0.25, -0.2) is 0 Å². The number of rotatable bonds is 7. The van der Waals surface area contributed by atoms with Crippen molar-refractivity contribution in [2.45, 2.75) is 30.8 Å². The molecule has 0 amide bonds. The van der Waals surface area contributed by atoms with Gasteiger partial charge in [0.05, 0.1) is 6.61 Å². The number of esters is 1. The number of ether oxygens (including phenoxy) is 1. The maximum absolute atomic E-state index is 12.5. The summed E-state index contributed by atoms with van der Waals surface area (Å²) in [6.45, 7) is 4.84. The van der Waals surface area contributed by atoms with Gasteiger partial charge in [-0.2, -0.15) is 0 Å². The van der Waals surface area contributed by atoms with E-state index in [1.165, 1.54) is 11.8 Å². The van der Waals surface area contributed by atoms with E-state index in [0.29, 0.717) is 23.3 Å². The summed E-state index contributed by atoms with van der Waals surface area (Å²) in [5.74, 6) is 0.458. The largest absolute Gasteiger partial charge is 0.465 e. The van der Waals surface area contributed by atoms with Crippen LogP contribution in [0.5, 0.6) is 0 Å². The van der Waals surface area contributed by atoms with E-state index in [9.17, 15) is 4.79 Å². The van der Waals surface area contributed by atoms with E-state index in [4.69, 9.17) is 16.3 Å². The smallest absolute Gasteiger partial charge is 0.324 e. The van der Waals surface area contributed by atoms with Gasteiger partial charge in [0, 0.05) is 17.1 Å². The van der Waals surface area contributed by atoms with Crippen LogP contribution in [-0.2, 0) is 16.1 Å². The number of hydrogen-bond donors (Lipinski definition) is 0. The van der Waals surface area contributed by atoms with E-state index in [1.807, 2.05) is 66.1 Å². The van der Waals surface area contributed by atoms with E-state index in [1.54, 1.807) is 6.92 Å². The second kappa shape index (κ2) is 9.06. The molecule has 3 rings (SSSR count). The topological polar surface area (TPSA) is 57.0 Å². The SMILES string of the molecule is CCOC(=O)[C@H](Sc1nnc(-c2ccc(Cl)cc2)n1CC)c1ccccc1. The monoisotopic (exact) mass is 401 g/mol. The van der Waals surface area contributed by atoms with Gasteiger partial charge in [-0.05, 0) is 43.7 Å². The van der Waals surface area contributed by atoms with Crippen LogP contribution in [0.4, 0.5) is 0 Å². The second-order valence-electron chi connectivity index (χ2n) is 5.72. The zero-order chi connectivity index (χ0) is 19.2. The molecule has 0 N–H and O–H groups in total. The van der Waals surface area contributed by atoms with Crippen LogP contribution in [0.25, 0.3) is 11.4 Å². The Bertz CT molecular complexity index is 897. The minimum Gasteiger partial charge on any atom is -0.465 e. The van der Waals surface area contributed by atoms with Crippen LogP contribution in [0.1, 0.15) is 24.7 Å². The average molecular weight is 402 g/mol. The summed E-state index contributed by atoms with van der Waals surface area (Å²) < 4.78 is 7.27. The Morgan fingerprint density at radius 1 is 1.11 bits per heavy atom. The summed E-state index contributed by atoms with van der Waals surface area (Å²) in [4.78, 5) is 12.5. The van der Waals surface area contributed by atoms with Crippen LogP contribution in [0.15, 0.2) is 59.8 Å². The molecule has 5 nitrogen and oxygen atoms in total. The lowest BCUT2D eigenvalue weighted by molar-refractivity contribution is -0.142. The molecule has 2 aromatic carbocycles. The molecular weight excluding hydrogens is 382 g/mol. The van der Waals surface area contributed by atoms with Gasteiger partial charge in [-0.3, -0.25) is 4.79 Å². The maximum Gasteiger partial charge on any atom is 0.324 e. The Labute approximate surface area is 167 Å². The number of thioether (sulfide) groups is 1. The second-order valence-corrected chi connectivity index (χ2v) is 7.23. The summed E-state index contributed by atoms with van der Waals surface area (Å²) in [7, 11) is 0. The molecule has 1 heterocycles.